The van der Waals surface area contributed by atoms with Gasteiger partial charge in [0.25, 0.3) is 5.91 Å². The molecule has 1 saturated heterocycles. The molecule has 2 rings (SSSR count). The van der Waals surface area contributed by atoms with E-state index in [1.54, 1.807) is 6.92 Å². The number of unbranched alkanes of at least 4 members (excludes halogenated alkanes) is 1. The Hall–Kier alpha value is -7.75. The summed E-state index contributed by atoms with van der Waals surface area (Å²) in [5.41, 5.74) is 7.94. The molecule has 1 fully saturated rings. The van der Waals surface area contributed by atoms with E-state index in [1.165, 1.54) is 5.56 Å². The van der Waals surface area contributed by atoms with E-state index in [1.807, 2.05) is 42.5 Å². The number of carbonyl (C=O) groups is 1. The summed E-state index contributed by atoms with van der Waals surface area (Å²) in [5, 5.41) is 2.91. The van der Waals surface area contributed by atoms with Crippen LogP contribution >= 0.6 is 0 Å². The Bertz CT molecular complexity index is 2420. The van der Waals surface area contributed by atoms with Crippen LogP contribution in [0.5, 0.6) is 0 Å². The van der Waals surface area contributed by atoms with Crippen LogP contribution in [-0.4, -0.2) is 37.0 Å². The maximum atomic E-state index is 12.9. The number of allylic oxidation sites excluding steroid dienone is 1. The smallest absolute Gasteiger partial charge is 0.297 e. The van der Waals surface area contributed by atoms with Crippen LogP contribution in [0.15, 0.2) is 81.0 Å². The summed E-state index contributed by atoms with van der Waals surface area (Å²) in [7, 11) is 0. The summed E-state index contributed by atoms with van der Waals surface area (Å²) < 4.78 is 12.7. The van der Waals surface area contributed by atoms with E-state index in [0.29, 0.717) is 12.8 Å². The van der Waals surface area contributed by atoms with Gasteiger partial charge in [0.2, 0.25) is 0 Å². The molecule has 0 bridgehead atoms. The normalized spacial score (nSPS) is 17.0. The molecule has 3 N–H and O–H groups in total. The molecule has 1 amide bonds. The van der Waals surface area contributed by atoms with Crippen LogP contribution in [0.25, 0.3) is 0 Å². The lowest BCUT2D eigenvalue weighted by Gasteiger charge is -2.44. The molecule has 1 aliphatic heterocycles. The number of benzene rings is 1. The molecule has 0 saturated carbocycles. The Balaban J connectivity index is 2.01. The summed E-state index contributed by atoms with van der Waals surface area (Å²) in [6.45, 7) is 17.8. The molecule has 1 aliphatic rings. The molecule has 0 spiro atoms. The van der Waals surface area contributed by atoms with Crippen molar-refractivity contribution in [2.45, 2.75) is 63.5 Å². The first kappa shape index (κ1) is 46.4. The highest BCUT2D eigenvalue weighted by Crippen LogP contribution is 2.39. The van der Waals surface area contributed by atoms with Crippen molar-refractivity contribution in [3.8, 4) is 142 Å². The number of nitrogens with two attached hydrogens (primary N) is 1. The first-order valence-corrected chi connectivity index (χ1v) is 18.3. The molecular weight excluding hydrogens is 713 g/mol. The van der Waals surface area contributed by atoms with Gasteiger partial charge in [0.05, 0.1) is 18.8 Å². The molecule has 1 heterocycles. The second kappa shape index (κ2) is 30.6. The lowest BCUT2D eigenvalue weighted by Crippen LogP contribution is -2.53. The quantitative estimate of drug-likeness (QED) is 0.150. The first-order chi connectivity index (χ1) is 28.5. The Morgan fingerprint density at radius 2 is 1.19 bits per heavy atom. The molecule has 5 nitrogen and oxygen atoms in total. The van der Waals surface area contributed by atoms with Crippen molar-refractivity contribution in [1.82, 2.24) is 5.32 Å². The predicted molar refractivity (Wildman–Crippen MR) is 233 cm³/mol. The summed E-state index contributed by atoms with van der Waals surface area (Å²) in [6.07, 6.45) is 10.6. The van der Waals surface area contributed by atoms with Gasteiger partial charge in [-0.2, -0.15) is 0 Å². The van der Waals surface area contributed by atoms with Gasteiger partial charge in [0.15, 0.2) is 6.29 Å². The van der Waals surface area contributed by atoms with Crippen molar-refractivity contribution in [2.75, 3.05) is 6.61 Å². The van der Waals surface area contributed by atoms with E-state index in [4.69, 9.17) is 15.2 Å². The van der Waals surface area contributed by atoms with Crippen LogP contribution in [0.2, 0.25) is 0 Å². The van der Waals surface area contributed by atoms with Gasteiger partial charge >= 0.3 is 0 Å². The third-order valence-corrected chi connectivity index (χ3v) is 8.14. The number of ether oxygens (including phenoxy) is 2. The van der Waals surface area contributed by atoms with Crippen molar-refractivity contribution in [1.29, 1.82) is 0 Å². The lowest BCUT2D eigenvalue weighted by atomic mass is 9.75. The van der Waals surface area contributed by atoms with E-state index in [2.05, 4.69) is 186 Å². The fourth-order valence-corrected chi connectivity index (χ4v) is 5.46. The molecule has 0 radical (unpaired) electrons. The Morgan fingerprint density at radius 1 is 0.707 bits per heavy atom. The van der Waals surface area contributed by atoms with Gasteiger partial charge in [-0.15, -0.1) is 26.3 Å². The standard InChI is InChI=1S/C53H42N2O3/c1-6-11-12-13-14-15-16-17-18-19-20-21-22-23-24-25-26-27-28-29-30-31-35-43-52(56)55-50(49(54)42-37-36-41-45-39-33-32-34-40-45)44-57-53-48(10-5)46(8-3)47(9-4)51(58-53)38-7-2/h7-10,32-34,39-40,46-51,53H,2-5,36-38,41-42,44,54H2,1H3,(H,55,56)/t46-,47+,48?,49+,50-,51?,53+/m0/s1. The predicted octanol–water partition coefficient (Wildman–Crippen LogP) is 5.00. The van der Waals surface area contributed by atoms with E-state index in [0.717, 1.165) is 19.3 Å². The molecule has 0 aromatic heterocycles. The highest BCUT2D eigenvalue weighted by atomic mass is 16.7. The van der Waals surface area contributed by atoms with E-state index < -0.39 is 24.3 Å². The SMILES string of the molecule is C=CCC1O[C@@H](OC[C@H](NC(=O)C#CC#CC#CC#CC#CC#CC#CC#CC#CC#CC#CC#CC)[C@H](N)CCCCc2ccccc2)C(C=C)[C@@H](C=C)[C@H]1C=C. The molecule has 58 heavy (non-hydrogen) atoms. The number of carbonyl (C=O) groups excluding carboxylic acids is 1. The zero-order valence-electron chi connectivity index (χ0n) is 32.6. The maximum absolute atomic E-state index is 12.9. The van der Waals surface area contributed by atoms with Crippen LogP contribution in [0.4, 0.5) is 0 Å². The molecule has 7 atom stereocenters. The Kier molecular flexibility index (Phi) is 24.5. The molecule has 1 aromatic rings. The largest absolute Gasteiger partial charge is 0.350 e. The van der Waals surface area contributed by atoms with Crippen LogP contribution in [0.1, 0.15) is 38.2 Å². The molecular formula is C53H42N2O3. The van der Waals surface area contributed by atoms with Crippen molar-refractivity contribution >= 4 is 5.91 Å². The number of hydrogen-bond acceptors (Lipinski definition) is 4. The summed E-state index contributed by atoms with van der Waals surface area (Å²) >= 11 is 0. The minimum Gasteiger partial charge on any atom is -0.350 e. The van der Waals surface area contributed by atoms with Gasteiger partial charge in [-0.05, 0) is 139 Å². The summed E-state index contributed by atoms with van der Waals surface area (Å²) in [5.74, 6) is 60.0. The van der Waals surface area contributed by atoms with Crippen molar-refractivity contribution < 1.29 is 14.3 Å². The van der Waals surface area contributed by atoms with E-state index in [-0.39, 0.29) is 30.5 Å². The molecule has 5 heteroatoms. The third kappa shape index (κ3) is 19.5. The molecule has 1 aromatic carbocycles. The zero-order valence-corrected chi connectivity index (χ0v) is 32.6. The topological polar surface area (TPSA) is 73.6 Å². The molecule has 0 aliphatic carbocycles. The fraction of sp³-hybridized carbons (Fsp3) is 0.264. The fourth-order valence-electron chi connectivity index (χ4n) is 5.46. The molecule has 2 unspecified atom stereocenters. The zero-order chi connectivity index (χ0) is 41.9. The van der Waals surface area contributed by atoms with Gasteiger partial charge < -0.3 is 20.5 Å². The van der Waals surface area contributed by atoms with E-state index >= 15 is 0 Å². The van der Waals surface area contributed by atoms with Gasteiger partial charge in [0, 0.05) is 59.3 Å². The van der Waals surface area contributed by atoms with Gasteiger partial charge in [-0.1, -0.05) is 67.0 Å². The lowest BCUT2D eigenvalue weighted by molar-refractivity contribution is -0.235. The molecule has 282 valence electrons. The number of amides is 1. The van der Waals surface area contributed by atoms with Crippen LogP contribution in [0.3, 0.4) is 0 Å². The maximum Gasteiger partial charge on any atom is 0.297 e. The average molecular weight is 755 g/mol. The first-order valence-electron chi connectivity index (χ1n) is 18.3. The van der Waals surface area contributed by atoms with Crippen LogP contribution in [0, 0.1) is 160 Å². The Labute approximate surface area is 346 Å². The van der Waals surface area contributed by atoms with Crippen molar-refractivity contribution in [2.24, 2.45) is 23.5 Å². The number of nitrogens with one attached hydrogen (secondary N) is 1. The number of rotatable bonds is 15. The minimum absolute atomic E-state index is 0.00601. The number of aryl methyl sites for hydroxylation is 1. The van der Waals surface area contributed by atoms with E-state index in [9.17, 15) is 4.79 Å². The monoisotopic (exact) mass is 754 g/mol. The van der Waals surface area contributed by atoms with Gasteiger partial charge in [0.1, 0.15) is 0 Å². The van der Waals surface area contributed by atoms with Gasteiger partial charge in [-0.3, -0.25) is 4.79 Å². The summed E-state index contributed by atoms with van der Waals surface area (Å²) in [4.78, 5) is 12.9. The third-order valence-electron chi connectivity index (χ3n) is 8.14. The highest BCUT2D eigenvalue weighted by Gasteiger charge is 2.42. The van der Waals surface area contributed by atoms with Crippen molar-refractivity contribution in [3.05, 3.63) is 86.5 Å². The van der Waals surface area contributed by atoms with Gasteiger partial charge in [-0.25, -0.2) is 0 Å². The van der Waals surface area contributed by atoms with Crippen molar-refractivity contribution in [3.63, 3.8) is 0 Å². The second-order valence-electron chi connectivity index (χ2n) is 11.9. The average Bonchev–Trinajstić information content (AvgIpc) is 3.24. The van der Waals surface area contributed by atoms with Crippen LogP contribution < -0.4 is 11.1 Å². The summed E-state index contributed by atoms with van der Waals surface area (Å²) in [6, 6.07) is 9.31. The Morgan fingerprint density at radius 3 is 1.66 bits per heavy atom. The number of hydrogen-bond donors (Lipinski definition) is 2. The van der Waals surface area contributed by atoms with Crippen LogP contribution in [-0.2, 0) is 20.7 Å². The highest BCUT2D eigenvalue weighted by molar-refractivity contribution is 5.94. The second-order valence-corrected chi connectivity index (χ2v) is 11.9. The minimum atomic E-state index is -0.639.